The molecule has 0 spiro atoms. The van der Waals surface area contributed by atoms with Gasteiger partial charge < -0.3 is 5.73 Å². The van der Waals surface area contributed by atoms with Crippen molar-refractivity contribution in [2.75, 3.05) is 6.54 Å². The Morgan fingerprint density at radius 2 is 2.00 bits per heavy atom. The number of nitrogens with two attached hydrogens (primary N) is 1. The van der Waals surface area contributed by atoms with Crippen LogP contribution in [0.4, 0.5) is 13.2 Å². The first-order valence-corrected chi connectivity index (χ1v) is 6.12. The Bertz CT molecular complexity index is 516. The van der Waals surface area contributed by atoms with E-state index in [4.69, 9.17) is 5.73 Å². The zero-order valence-corrected chi connectivity index (χ0v) is 9.87. The van der Waals surface area contributed by atoms with E-state index in [9.17, 15) is 13.2 Å². The smallest absolute Gasteiger partial charge is 0.330 e. The number of aryl methyl sites for hydroxylation is 1. The summed E-state index contributed by atoms with van der Waals surface area (Å²) in [6.07, 6.45) is -2.74. The second kappa shape index (κ2) is 4.66. The molecule has 1 aromatic heterocycles. The zero-order chi connectivity index (χ0) is 12.5. The Balaban J connectivity index is 2.46. The van der Waals surface area contributed by atoms with Crippen molar-refractivity contribution in [2.24, 2.45) is 5.73 Å². The minimum atomic E-state index is -4.28. The number of rotatable bonds is 3. The lowest BCUT2D eigenvalue weighted by molar-refractivity contribution is -0.136. The van der Waals surface area contributed by atoms with Crippen molar-refractivity contribution in [1.82, 2.24) is 0 Å². The van der Waals surface area contributed by atoms with Gasteiger partial charge in [0, 0.05) is 9.58 Å². The number of benzene rings is 1. The topological polar surface area (TPSA) is 26.0 Å². The van der Waals surface area contributed by atoms with Gasteiger partial charge in [0.25, 0.3) is 0 Å². The van der Waals surface area contributed by atoms with E-state index in [0.717, 1.165) is 23.8 Å². The summed E-state index contributed by atoms with van der Waals surface area (Å²) >= 11 is 1.22. The first-order chi connectivity index (χ1) is 8.02. The van der Waals surface area contributed by atoms with Gasteiger partial charge in [-0.3, -0.25) is 0 Å². The van der Waals surface area contributed by atoms with Crippen LogP contribution in [0.5, 0.6) is 0 Å². The molecule has 0 atom stereocenters. The number of alkyl halides is 3. The van der Waals surface area contributed by atoms with E-state index >= 15 is 0 Å². The first kappa shape index (κ1) is 12.4. The Hall–Kier alpha value is -1.07. The molecule has 1 nitrogen and oxygen atoms in total. The molecule has 1 aromatic carbocycles. The fourth-order valence-electron chi connectivity index (χ4n) is 1.74. The lowest BCUT2D eigenvalue weighted by atomic mass is 10.1. The third-order valence-electron chi connectivity index (χ3n) is 2.53. The van der Waals surface area contributed by atoms with Crippen molar-refractivity contribution in [2.45, 2.75) is 19.0 Å². The highest BCUT2D eigenvalue weighted by atomic mass is 32.1. The molecule has 0 amide bonds. The van der Waals surface area contributed by atoms with E-state index in [1.165, 1.54) is 17.4 Å². The first-order valence-electron chi connectivity index (χ1n) is 5.31. The highest BCUT2D eigenvalue weighted by Crippen LogP contribution is 2.38. The Morgan fingerprint density at radius 3 is 2.65 bits per heavy atom. The van der Waals surface area contributed by atoms with Gasteiger partial charge in [-0.2, -0.15) is 13.2 Å². The van der Waals surface area contributed by atoms with E-state index in [1.807, 2.05) is 6.07 Å². The molecule has 2 N–H and O–H groups in total. The summed E-state index contributed by atoms with van der Waals surface area (Å²) in [7, 11) is 0. The highest BCUT2D eigenvalue weighted by Gasteiger charge is 2.33. The van der Waals surface area contributed by atoms with Gasteiger partial charge in [-0.25, -0.2) is 0 Å². The van der Waals surface area contributed by atoms with E-state index in [0.29, 0.717) is 16.6 Å². The van der Waals surface area contributed by atoms with Crippen LogP contribution in [0, 0.1) is 0 Å². The van der Waals surface area contributed by atoms with E-state index < -0.39 is 11.7 Å². The maximum atomic E-state index is 12.8. The zero-order valence-electron chi connectivity index (χ0n) is 9.05. The minimum absolute atomic E-state index is 0.326. The van der Waals surface area contributed by atoms with Crippen LogP contribution >= 0.6 is 11.3 Å². The summed E-state index contributed by atoms with van der Waals surface area (Å²) in [5.41, 5.74) is 4.85. The van der Waals surface area contributed by atoms with Crippen molar-refractivity contribution < 1.29 is 13.2 Å². The van der Waals surface area contributed by atoms with Crippen molar-refractivity contribution in [3.05, 3.63) is 34.7 Å². The normalized spacial score (nSPS) is 12.2. The Morgan fingerprint density at radius 1 is 1.24 bits per heavy atom. The van der Waals surface area contributed by atoms with Crippen LogP contribution in [0.3, 0.4) is 0 Å². The van der Waals surface area contributed by atoms with Gasteiger partial charge >= 0.3 is 6.18 Å². The summed E-state index contributed by atoms with van der Waals surface area (Å²) in [5, 5.41) is 0.664. The monoisotopic (exact) mass is 259 g/mol. The summed E-state index contributed by atoms with van der Waals surface area (Å²) in [5.74, 6) is 0. The van der Waals surface area contributed by atoms with Gasteiger partial charge in [0.15, 0.2) is 0 Å². The second-order valence-electron chi connectivity index (χ2n) is 3.83. The number of hydrogen-bond acceptors (Lipinski definition) is 2. The minimum Gasteiger partial charge on any atom is -0.330 e. The fourth-order valence-corrected chi connectivity index (χ4v) is 2.97. The molecule has 0 bridgehead atoms. The molecule has 92 valence electrons. The van der Waals surface area contributed by atoms with Crippen LogP contribution in [0.25, 0.3) is 10.1 Å². The molecule has 0 unspecified atom stereocenters. The third kappa shape index (κ3) is 2.61. The van der Waals surface area contributed by atoms with Crippen molar-refractivity contribution in [1.29, 1.82) is 0 Å². The lowest BCUT2D eigenvalue weighted by Gasteiger charge is -2.06. The van der Waals surface area contributed by atoms with Crippen molar-refractivity contribution >= 4 is 21.4 Å². The molecule has 0 aliphatic heterocycles. The van der Waals surface area contributed by atoms with Gasteiger partial charge in [-0.05, 0) is 36.9 Å². The molecule has 0 radical (unpaired) electrons. The number of hydrogen-bond donors (Lipinski definition) is 1. The highest BCUT2D eigenvalue weighted by molar-refractivity contribution is 7.19. The molecule has 0 fully saturated rings. The molecule has 0 aliphatic rings. The molecule has 2 rings (SSSR count). The summed E-state index contributed by atoms with van der Waals surface area (Å²) in [4.78, 5) is 0.960. The van der Waals surface area contributed by atoms with Crippen LogP contribution in [0.15, 0.2) is 24.3 Å². The predicted molar refractivity (Wildman–Crippen MR) is 64.2 cm³/mol. The third-order valence-corrected chi connectivity index (χ3v) is 3.77. The predicted octanol–water partition coefficient (Wildman–Crippen LogP) is 3.81. The number of thiophene rings is 1. The number of halogens is 3. The van der Waals surface area contributed by atoms with Crippen molar-refractivity contribution in [3.8, 4) is 0 Å². The lowest BCUT2D eigenvalue weighted by Crippen LogP contribution is -2.04. The quantitative estimate of drug-likeness (QED) is 0.891. The summed E-state index contributed by atoms with van der Waals surface area (Å²) in [6.45, 7) is 0.556. The van der Waals surface area contributed by atoms with Crippen LogP contribution in [-0.2, 0) is 12.6 Å². The molecule has 17 heavy (non-hydrogen) atoms. The maximum Gasteiger partial charge on any atom is 0.417 e. The van der Waals surface area contributed by atoms with Crippen LogP contribution in [0.2, 0.25) is 0 Å². The van der Waals surface area contributed by atoms with E-state index in [-0.39, 0.29) is 0 Å². The molecule has 1 heterocycles. The summed E-state index contributed by atoms with van der Waals surface area (Å²) < 4.78 is 38.6. The average Bonchev–Trinajstić information content (AvgIpc) is 2.66. The molecular weight excluding hydrogens is 247 g/mol. The van der Waals surface area contributed by atoms with Crippen LogP contribution in [-0.4, -0.2) is 6.54 Å². The summed E-state index contributed by atoms with van der Waals surface area (Å²) in [6, 6.07) is 6.12. The standard InChI is InChI=1S/C12H12F3NS/c13-12(14,15)10-5-1-3-8-7-9(4-2-6-16)17-11(8)10/h1,3,5,7H,2,4,6,16H2. The Labute approximate surface area is 101 Å². The molecular formula is C12H12F3NS. The van der Waals surface area contributed by atoms with Crippen LogP contribution < -0.4 is 5.73 Å². The van der Waals surface area contributed by atoms with E-state index in [2.05, 4.69) is 0 Å². The SMILES string of the molecule is NCCCc1cc2cccc(C(F)(F)F)c2s1. The molecule has 5 heteroatoms. The molecule has 2 aromatic rings. The Kier molecular flexibility index (Phi) is 3.40. The van der Waals surface area contributed by atoms with E-state index in [1.54, 1.807) is 6.07 Å². The second-order valence-corrected chi connectivity index (χ2v) is 4.96. The van der Waals surface area contributed by atoms with Gasteiger partial charge in [-0.1, -0.05) is 12.1 Å². The van der Waals surface area contributed by atoms with Crippen LogP contribution in [0.1, 0.15) is 16.9 Å². The van der Waals surface area contributed by atoms with Gasteiger partial charge in [-0.15, -0.1) is 11.3 Å². The number of fused-ring (bicyclic) bond motifs is 1. The average molecular weight is 259 g/mol. The van der Waals surface area contributed by atoms with Gasteiger partial charge in [0.2, 0.25) is 0 Å². The molecule has 0 aliphatic carbocycles. The van der Waals surface area contributed by atoms with Crippen molar-refractivity contribution in [3.63, 3.8) is 0 Å². The van der Waals surface area contributed by atoms with Gasteiger partial charge in [0.05, 0.1) is 5.56 Å². The van der Waals surface area contributed by atoms with Gasteiger partial charge in [0.1, 0.15) is 0 Å². The largest absolute Gasteiger partial charge is 0.417 e. The fraction of sp³-hybridized carbons (Fsp3) is 0.333. The molecule has 0 saturated carbocycles. The molecule has 0 saturated heterocycles. The maximum absolute atomic E-state index is 12.8.